The summed E-state index contributed by atoms with van der Waals surface area (Å²) in [6.45, 7) is 0. The molecule has 0 amide bonds. The molecule has 2 N–H and O–H groups in total. The Balaban J connectivity index is 1.78. The van der Waals surface area contributed by atoms with Gasteiger partial charge < -0.3 is 10.4 Å². The number of thioether (sulfide) groups is 1. The molecule has 0 bridgehead atoms. The van der Waals surface area contributed by atoms with Crippen LogP contribution in [0.25, 0.3) is 5.70 Å². The Kier molecular flexibility index (Phi) is 3.40. The lowest BCUT2D eigenvalue weighted by Crippen LogP contribution is -2.07. The van der Waals surface area contributed by atoms with Crippen LogP contribution in [-0.2, 0) is 0 Å². The van der Waals surface area contributed by atoms with Gasteiger partial charge in [0.2, 0.25) is 0 Å². The van der Waals surface area contributed by atoms with E-state index in [1.165, 1.54) is 0 Å². The molecule has 2 aliphatic rings. The predicted molar refractivity (Wildman–Crippen MR) is 104 cm³/mol. The molecule has 126 valence electrons. The van der Waals surface area contributed by atoms with Crippen molar-refractivity contribution in [2.75, 3.05) is 5.32 Å². The maximum absolute atomic E-state index is 13.2. The molecule has 3 aromatic rings. The molecule has 0 spiro atoms. The van der Waals surface area contributed by atoms with Crippen molar-refractivity contribution in [2.24, 2.45) is 0 Å². The second kappa shape index (κ2) is 5.78. The fourth-order valence-corrected chi connectivity index (χ4v) is 4.94. The summed E-state index contributed by atoms with van der Waals surface area (Å²) in [5, 5.41) is 13.7. The lowest BCUT2D eigenvalue weighted by atomic mass is 10.00. The van der Waals surface area contributed by atoms with Gasteiger partial charge in [0, 0.05) is 27.2 Å². The van der Waals surface area contributed by atoms with E-state index in [1.807, 2.05) is 60.7 Å². The van der Waals surface area contributed by atoms with Gasteiger partial charge in [0.15, 0.2) is 5.78 Å². The fourth-order valence-electron chi connectivity index (χ4n) is 3.61. The lowest BCUT2D eigenvalue weighted by molar-refractivity contribution is 0.103. The number of fused-ring (bicyclic) bond motifs is 3. The third-order valence-corrected chi connectivity index (χ3v) is 6.16. The average molecular weight is 357 g/mol. The van der Waals surface area contributed by atoms with Crippen molar-refractivity contribution >= 4 is 28.9 Å². The van der Waals surface area contributed by atoms with Crippen LogP contribution in [0, 0.1) is 0 Å². The number of para-hydroxylation sites is 2. The number of anilines is 1. The summed E-state index contributed by atoms with van der Waals surface area (Å²) in [4.78, 5) is 14.3. The molecule has 1 heterocycles. The second-order valence-electron chi connectivity index (χ2n) is 6.34. The van der Waals surface area contributed by atoms with Gasteiger partial charge in [-0.05, 0) is 18.2 Å². The highest BCUT2D eigenvalue weighted by molar-refractivity contribution is 8.00. The van der Waals surface area contributed by atoms with E-state index >= 15 is 0 Å². The maximum Gasteiger partial charge on any atom is 0.193 e. The highest BCUT2D eigenvalue weighted by Gasteiger charge is 2.38. The van der Waals surface area contributed by atoms with Gasteiger partial charge >= 0.3 is 0 Å². The Hall–Kier alpha value is -2.98. The van der Waals surface area contributed by atoms with E-state index in [0.717, 1.165) is 27.4 Å². The zero-order valence-corrected chi connectivity index (χ0v) is 14.6. The maximum atomic E-state index is 13.2. The molecular weight excluding hydrogens is 342 g/mol. The number of carbonyl (C=O) groups excluding carboxylic acids is 1. The third-order valence-electron chi connectivity index (χ3n) is 4.83. The van der Waals surface area contributed by atoms with Crippen molar-refractivity contribution < 1.29 is 9.90 Å². The smallest absolute Gasteiger partial charge is 0.193 e. The fraction of sp³-hybridized carbons (Fsp3) is 0.0455. The van der Waals surface area contributed by atoms with E-state index in [4.69, 9.17) is 0 Å². The summed E-state index contributed by atoms with van der Waals surface area (Å²) in [5.74, 6) is 0.233. The average Bonchev–Trinajstić information content (AvgIpc) is 2.84. The van der Waals surface area contributed by atoms with Gasteiger partial charge in [0.25, 0.3) is 0 Å². The summed E-state index contributed by atoms with van der Waals surface area (Å²) in [6.07, 6.45) is 0. The van der Waals surface area contributed by atoms with E-state index in [-0.39, 0.29) is 16.8 Å². The van der Waals surface area contributed by atoms with Crippen LogP contribution in [0.5, 0.6) is 5.75 Å². The molecule has 5 rings (SSSR count). The van der Waals surface area contributed by atoms with Crippen LogP contribution in [0.4, 0.5) is 5.69 Å². The SMILES string of the molecule is O=C1C2=C(Nc3ccccc3SC2c2ccccc2O)c2ccccc21. The molecule has 4 heteroatoms. The molecule has 3 aromatic carbocycles. The minimum atomic E-state index is -0.276. The third kappa shape index (κ3) is 2.19. The van der Waals surface area contributed by atoms with Gasteiger partial charge in [0.1, 0.15) is 5.75 Å². The topological polar surface area (TPSA) is 49.3 Å². The number of phenolic OH excluding ortho intramolecular Hbond substituents is 1. The number of hydrogen-bond donors (Lipinski definition) is 2. The second-order valence-corrected chi connectivity index (χ2v) is 7.49. The highest BCUT2D eigenvalue weighted by Crippen LogP contribution is 2.53. The molecule has 0 aromatic heterocycles. The summed E-state index contributed by atoms with van der Waals surface area (Å²) < 4.78 is 0. The molecule has 1 aliphatic carbocycles. The summed E-state index contributed by atoms with van der Waals surface area (Å²) in [7, 11) is 0. The number of rotatable bonds is 1. The summed E-state index contributed by atoms with van der Waals surface area (Å²) in [5.41, 5.74) is 4.91. The van der Waals surface area contributed by atoms with Gasteiger partial charge in [-0.15, -0.1) is 11.8 Å². The first-order valence-corrected chi connectivity index (χ1v) is 9.31. The molecular formula is C22H15NO2S. The number of benzene rings is 3. The molecule has 1 unspecified atom stereocenters. The van der Waals surface area contributed by atoms with Gasteiger partial charge in [0.05, 0.1) is 16.6 Å². The molecule has 1 atom stereocenters. The van der Waals surface area contributed by atoms with Crippen molar-refractivity contribution in [2.45, 2.75) is 10.1 Å². The summed E-state index contributed by atoms with van der Waals surface area (Å²) >= 11 is 1.59. The molecule has 0 saturated carbocycles. The molecule has 0 fully saturated rings. The van der Waals surface area contributed by atoms with Gasteiger partial charge in [-0.25, -0.2) is 0 Å². The van der Waals surface area contributed by atoms with Crippen molar-refractivity contribution in [3.63, 3.8) is 0 Å². The van der Waals surface area contributed by atoms with E-state index in [0.29, 0.717) is 11.1 Å². The van der Waals surface area contributed by atoms with E-state index < -0.39 is 0 Å². The van der Waals surface area contributed by atoms with E-state index in [9.17, 15) is 9.90 Å². The zero-order valence-electron chi connectivity index (χ0n) is 13.8. The van der Waals surface area contributed by atoms with Gasteiger partial charge in [-0.1, -0.05) is 54.6 Å². The van der Waals surface area contributed by atoms with Gasteiger partial charge in [-0.2, -0.15) is 0 Å². The van der Waals surface area contributed by atoms with Crippen molar-refractivity contribution in [1.29, 1.82) is 0 Å². The number of Topliss-reactive ketones (excluding diaryl/α,β-unsaturated/α-hetero) is 1. The first-order chi connectivity index (χ1) is 12.7. The lowest BCUT2D eigenvalue weighted by Gasteiger charge is -2.18. The van der Waals surface area contributed by atoms with Crippen LogP contribution in [0.2, 0.25) is 0 Å². The molecule has 0 radical (unpaired) electrons. The van der Waals surface area contributed by atoms with Crippen molar-refractivity contribution in [3.05, 3.63) is 95.1 Å². The first kappa shape index (κ1) is 15.3. The number of hydrogen-bond acceptors (Lipinski definition) is 4. The first-order valence-electron chi connectivity index (χ1n) is 8.43. The standard InChI is InChI=1S/C22H15NO2S/c24-17-11-5-3-9-15(17)22-19-20(13-7-1-2-8-14(13)21(19)25)23-16-10-4-6-12-18(16)26-22/h1-12,22-24H. The normalized spacial score (nSPS) is 17.8. The van der Waals surface area contributed by atoms with Crippen LogP contribution in [0.15, 0.2) is 83.3 Å². The van der Waals surface area contributed by atoms with E-state index in [2.05, 4.69) is 5.32 Å². The van der Waals surface area contributed by atoms with Crippen LogP contribution in [-0.4, -0.2) is 10.9 Å². The molecule has 26 heavy (non-hydrogen) atoms. The molecule has 3 nitrogen and oxygen atoms in total. The summed E-state index contributed by atoms with van der Waals surface area (Å²) in [6, 6.07) is 23.0. The Morgan fingerprint density at radius 2 is 1.54 bits per heavy atom. The van der Waals surface area contributed by atoms with Crippen LogP contribution in [0.1, 0.15) is 26.7 Å². The Morgan fingerprint density at radius 1 is 0.846 bits per heavy atom. The van der Waals surface area contributed by atoms with Crippen molar-refractivity contribution in [3.8, 4) is 5.75 Å². The largest absolute Gasteiger partial charge is 0.508 e. The molecule has 0 saturated heterocycles. The van der Waals surface area contributed by atoms with Gasteiger partial charge in [-0.3, -0.25) is 4.79 Å². The monoisotopic (exact) mass is 357 g/mol. The Bertz CT molecular complexity index is 1090. The predicted octanol–water partition coefficient (Wildman–Crippen LogP) is 5.26. The number of phenols is 1. The number of nitrogens with one attached hydrogen (secondary N) is 1. The zero-order chi connectivity index (χ0) is 17.7. The van der Waals surface area contributed by atoms with Crippen molar-refractivity contribution in [1.82, 2.24) is 0 Å². The van der Waals surface area contributed by atoms with Crippen LogP contribution < -0.4 is 5.32 Å². The molecule has 1 aliphatic heterocycles. The quantitative estimate of drug-likeness (QED) is 0.624. The minimum Gasteiger partial charge on any atom is -0.508 e. The Labute approximate surface area is 155 Å². The van der Waals surface area contributed by atoms with Crippen LogP contribution >= 0.6 is 11.8 Å². The number of ketones is 1. The van der Waals surface area contributed by atoms with E-state index in [1.54, 1.807) is 23.9 Å². The number of carbonyl (C=O) groups is 1. The highest BCUT2D eigenvalue weighted by atomic mass is 32.2. The number of aromatic hydroxyl groups is 1. The Morgan fingerprint density at radius 3 is 2.38 bits per heavy atom. The minimum absolute atomic E-state index is 0.0247. The van der Waals surface area contributed by atoms with Crippen LogP contribution in [0.3, 0.4) is 0 Å².